The molecule has 1 aromatic rings. The van der Waals surface area contributed by atoms with Crippen molar-refractivity contribution in [3.05, 3.63) is 40.9 Å². The van der Waals surface area contributed by atoms with Crippen molar-refractivity contribution < 1.29 is 4.74 Å². The molecule has 0 saturated carbocycles. The Morgan fingerprint density at radius 1 is 1.57 bits per heavy atom. The lowest BCUT2D eigenvalue weighted by atomic mass is 9.80. The summed E-state index contributed by atoms with van der Waals surface area (Å²) < 4.78 is 6.42. The van der Waals surface area contributed by atoms with E-state index in [4.69, 9.17) is 28.6 Å². The van der Waals surface area contributed by atoms with Crippen molar-refractivity contribution in [1.29, 1.82) is 0 Å². The summed E-state index contributed by atoms with van der Waals surface area (Å²) in [5.41, 5.74) is 1.66. The first kappa shape index (κ1) is 14.7. The predicted octanol–water partition coefficient (Wildman–Crippen LogP) is 3.81. The van der Waals surface area contributed by atoms with E-state index in [0.29, 0.717) is 11.7 Å². The fraction of sp³-hybridized carbons (Fsp3) is 0.438. The molecule has 0 aliphatic carbocycles. The van der Waals surface area contributed by atoms with E-state index in [9.17, 15) is 0 Å². The zero-order valence-corrected chi connectivity index (χ0v) is 14.0. The second-order valence-corrected chi connectivity index (χ2v) is 6.74. The van der Waals surface area contributed by atoms with Crippen LogP contribution in [0.5, 0.6) is 5.75 Å². The molecule has 3 rings (SSSR count). The highest BCUT2D eigenvalue weighted by Gasteiger charge is 2.53. The minimum Gasteiger partial charge on any atom is -0.467 e. The normalized spacial score (nSPS) is 30.3. The van der Waals surface area contributed by atoms with E-state index in [0.717, 1.165) is 21.9 Å². The number of nitrogens with one attached hydrogen (secondary N) is 1. The van der Waals surface area contributed by atoms with E-state index in [1.165, 1.54) is 0 Å². The molecule has 0 amide bonds. The molecule has 2 bridgehead atoms. The number of hydrogen-bond acceptors (Lipinski definition) is 2. The Kier molecular flexibility index (Phi) is 3.41. The van der Waals surface area contributed by atoms with E-state index in [1.807, 2.05) is 25.1 Å². The van der Waals surface area contributed by atoms with Gasteiger partial charge in [-0.3, -0.25) is 0 Å². The lowest BCUT2D eigenvalue weighted by Crippen LogP contribution is -2.68. The number of aryl methyl sites for hydroxylation is 1. The van der Waals surface area contributed by atoms with Gasteiger partial charge in [0.25, 0.3) is 0 Å². The van der Waals surface area contributed by atoms with Gasteiger partial charge in [0.05, 0.1) is 6.04 Å². The smallest absolute Gasteiger partial charge is 0.187 e. The third-order valence-corrected chi connectivity index (χ3v) is 5.18. The van der Waals surface area contributed by atoms with Crippen LogP contribution in [-0.4, -0.2) is 22.3 Å². The molecule has 3 nitrogen and oxygen atoms in total. The number of rotatable bonds is 2. The maximum absolute atomic E-state index is 6.42. The second kappa shape index (κ2) is 4.89. The Morgan fingerprint density at radius 3 is 2.95 bits per heavy atom. The van der Waals surface area contributed by atoms with Gasteiger partial charge in [-0.2, -0.15) is 0 Å². The van der Waals surface area contributed by atoms with Crippen molar-refractivity contribution >= 4 is 28.9 Å². The summed E-state index contributed by atoms with van der Waals surface area (Å²) in [5, 5.41) is 4.87. The molecule has 2 heterocycles. The van der Waals surface area contributed by atoms with E-state index < -0.39 is 5.72 Å². The lowest BCUT2D eigenvalue weighted by Gasteiger charge is -2.56. The van der Waals surface area contributed by atoms with E-state index in [2.05, 4.69) is 30.6 Å². The standard InChI is InChI=1S/C16H19ClN2OS/c1-5-6-19-15(21)18-13-10(3)16(19,4)20-14-9(2)7-11(17)8-12(13)14/h5,7-8,10,13H,1,6H2,2-4H3,(H,18,21). The van der Waals surface area contributed by atoms with Gasteiger partial charge in [-0.05, 0) is 43.8 Å². The van der Waals surface area contributed by atoms with Crippen LogP contribution in [0.2, 0.25) is 5.02 Å². The third-order valence-electron chi connectivity index (χ3n) is 4.63. The first-order chi connectivity index (χ1) is 9.88. The predicted molar refractivity (Wildman–Crippen MR) is 89.8 cm³/mol. The van der Waals surface area contributed by atoms with Gasteiger partial charge >= 0.3 is 0 Å². The van der Waals surface area contributed by atoms with E-state index >= 15 is 0 Å². The van der Waals surface area contributed by atoms with Crippen LogP contribution in [-0.2, 0) is 0 Å². The van der Waals surface area contributed by atoms with Crippen LogP contribution < -0.4 is 10.1 Å². The lowest BCUT2D eigenvalue weighted by molar-refractivity contribution is -0.106. The molecule has 3 atom stereocenters. The van der Waals surface area contributed by atoms with Crippen LogP contribution in [0.25, 0.3) is 0 Å². The van der Waals surface area contributed by atoms with Crippen molar-refractivity contribution in [3.63, 3.8) is 0 Å². The summed E-state index contributed by atoms with van der Waals surface area (Å²) in [4.78, 5) is 2.06. The van der Waals surface area contributed by atoms with Gasteiger partial charge in [-0.1, -0.05) is 24.6 Å². The molecule has 0 spiro atoms. The molecule has 0 aromatic heterocycles. The summed E-state index contributed by atoms with van der Waals surface area (Å²) >= 11 is 11.7. The Morgan fingerprint density at radius 2 is 2.29 bits per heavy atom. The Hall–Kier alpha value is -1.26. The molecule has 1 saturated heterocycles. The molecular weight excluding hydrogens is 304 g/mol. The summed E-state index contributed by atoms with van der Waals surface area (Å²) in [5.74, 6) is 1.14. The molecule has 2 aliphatic heterocycles. The first-order valence-electron chi connectivity index (χ1n) is 7.06. The average molecular weight is 323 g/mol. The molecule has 0 radical (unpaired) electrons. The van der Waals surface area contributed by atoms with Gasteiger partial charge in [0.1, 0.15) is 5.75 Å². The molecular formula is C16H19ClN2OS. The molecule has 112 valence electrons. The number of thiocarbonyl (C=S) groups is 1. The van der Waals surface area contributed by atoms with Crippen molar-refractivity contribution in [2.24, 2.45) is 5.92 Å². The van der Waals surface area contributed by atoms with Crippen LogP contribution in [0, 0.1) is 12.8 Å². The highest BCUT2D eigenvalue weighted by atomic mass is 35.5. The highest BCUT2D eigenvalue weighted by Crippen LogP contribution is 2.49. The summed E-state index contributed by atoms with van der Waals surface area (Å²) in [7, 11) is 0. The third kappa shape index (κ3) is 2.04. The number of ether oxygens (including phenoxy) is 1. The zero-order valence-electron chi connectivity index (χ0n) is 12.4. The monoisotopic (exact) mass is 322 g/mol. The van der Waals surface area contributed by atoms with Gasteiger partial charge in [-0.15, -0.1) is 6.58 Å². The summed E-state index contributed by atoms with van der Waals surface area (Å²) in [6.07, 6.45) is 1.85. The van der Waals surface area contributed by atoms with Crippen molar-refractivity contribution in [1.82, 2.24) is 10.2 Å². The maximum atomic E-state index is 6.42. The molecule has 1 aromatic carbocycles. The largest absolute Gasteiger partial charge is 0.467 e. The summed E-state index contributed by atoms with van der Waals surface area (Å²) in [6.45, 7) is 10.8. The quantitative estimate of drug-likeness (QED) is 0.661. The molecule has 1 N–H and O–H groups in total. The number of nitrogens with zero attached hydrogens (tertiary/aromatic N) is 1. The fourth-order valence-corrected chi connectivity index (χ4v) is 3.98. The van der Waals surface area contributed by atoms with Crippen LogP contribution in [0.4, 0.5) is 0 Å². The van der Waals surface area contributed by atoms with Gasteiger partial charge < -0.3 is 15.0 Å². The summed E-state index contributed by atoms with van der Waals surface area (Å²) in [6, 6.07) is 4.03. The Labute approximate surface area is 135 Å². The first-order valence-corrected chi connectivity index (χ1v) is 7.85. The Bertz CT molecular complexity index is 633. The van der Waals surface area contributed by atoms with Gasteiger partial charge in [0.2, 0.25) is 0 Å². The topological polar surface area (TPSA) is 24.5 Å². The number of halogens is 1. The number of hydrogen-bond donors (Lipinski definition) is 1. The van der Waals surface area contributed by atoms with Gasteiger partial charge in [-0.25, -0.2) is 0 Å². The van der Waals surface area contributed by atoms with Crippen molar-refractivity contribution in [2.75, 3.05) is 6.54 Å². The van der Waals surface area contributed by atoms with Crippen molar-refractivity contribution in [2.45, 2.75) is 32.5 Å². The second-order valence-electron chi connectivity index (χ2n) is 5.91. The molecule has 21 heavy (non-hydrogen) atoms. The fourth-order valence-electron chi connectivity index (χ4n) is 3.31. The molecule has 3 unspecified atom stereocenters. The average Bonchev–Trinajstić information content (AvgIpc) is 2.41. The van der Waals surface area contributed by atoms with Crippen LogP contribution in [0.3, 0.4) is 0 Å². The number of fused-ring (bicyclic) bond motifs is 4. The van der Waals surface area contributed by atoms with Crippen molar-refractivity contribution in [3.8, 4) is 5.75 Å². The SMILES string of the molecule is C=CCN1C(=S)NC2c3cc(Cl)cc(C)c3OC1(C)C2C. The molecule has 1 fully saturated rings. The Balaban J connectivity index is 2.16. The number of benzene rings is 1. The zero-order chi connectivity index (χ0) is 15.4. The van der Waals surface area contributed by atoms with E-state index in [-0.39, 0.29) is 12.0 Å². The minimum absolute atomic E-state index is 0.115. The maximum Gasteiger partial charge on any atom is 0.187 e. The minimum atomic E-state index is -0.479. The highest BCUT2D eigenvalue weighted by molar-refractivity contribution is 7.80. The van der Waals surface area contributed by atoms with Crippen LogP contribution >= 0.6 is 23.8 Å². The molecule has 2 aliphatic rings. The van der Waals surface area contributed by atoms with Gasteiger partial charge in [0.15, 0.2) is 10.8 Å². The van der Waals surface area contributed by atoms with Crippen LogP contribution in [0.1, 0.15) is 31.0 Å². The van der Waals surface area contributed by atoms with E-state index in [1.54, 1.807) is 0 Å². The molecule has 5 heteroatoms. The van der Waals surface area contributed by atoms with Gasteiger partial charge in [0, 0.05) is 23.0 Å². The van der Waals surface area contributed by atoms with Crippen LogP contribution in [0.15, 0.2) is 24.8 Å².